The van der Waals surface area contributed by atoms with Crippen LogP contribution in [0.25, 0.3) is 0 Å². The molecule has 0 aliphatic carbocycles. The Hall–Kier alpha value is -1.81. The van der Waals surface area contributed by atoms with Crippen molar-refractivity contribution in [2.75, 3.05) is 25.5 Å². The second-order valence-electron chi connectivity index (χ2n) is 5.48. The summed E-state index contributed by atoms with van der Waals surface area (Å²) in [7, 11) is 2.01. The second kappa shape index (κ2) is 5.90. The molecule has 1 aromatic rings. The van der Waals surface area contributed by atoms with Crippen LogP contribution >= 0.6 is 0 Å². The van der Waals surface area contributed by atoms with E-state index in [-0.39, 0.29) is 23.3 Å². The molecule has 1 aliphatic heterocycles. The quantitative estimate of drug-likeness (QED) is 0.912. The van der Waals surface area contributed by atoms with Gasteiger partial charge in [0.05, 0.1) is 5.56 Å². The van der Waals surface area contributed by atoms with E-state index >= 15 is 0 Å². The predicted octanol–water partition coefficient (Wildman–Crippen LogP) is 2.72. The molecule has 7 heteroatoms. The highest BCUT2D eigenvalue weighted by Gasteiger charge is 2.33. The Labute approximate surface area is 121 Å². The minimum absolute atomic E-state index is 0.0179. The van der Waals surface area contributed by atoms with Crippen molar-refractivity contribution in [3.8, 4) is 6.07 Å². The Balaban J connectivity index is 2.24. The van der Waals surface area contributed by atoms with Crippen LogP contribution in [0.4, 0.5) is 19.0 Å². The van der Waals surface area contributed by atoms with E-state index in [0.29, 0.717) is 0 Å². The van der Waals surface area contributed by atoms with Gasteiger partial charge < -0.3 is 10.2 Å². The number of anilines is 1. The Morgan fingerprint density at radius 1 is 1.43 bits per heavy atom. The van der Waals surface area contributed by atoms with Crippen LogP contribution < -0.4 is 5.32 Å². The third kappa shape index (κ3) is 3.64. The topological polar surface area (TPSA) is 52.0 Å². The van der Waals surface area contributed by atoms with E-state index in [0.717, 1.165) is 31.6 Å². The van der Waals surface area contributed by atoms with E-state index < -0.39 is 11.9 Å². The largest absolute Gasteiger partial charge is 0.433 e. The molecule has 2 unspecified atom stereocenters. The van der Waals surface area contributed by atoms with E-state index in [1.54, 1.807) is 0 Å². The van der Waals surface area contributed by atoms with Crippen molar-refractivity contribution in [2.24, 2.45) is 5.92 Å². The molecule has 0 bridgehead atoms. The Morgan fingerprint density at radius 3 is 2.71 bits per heavy atom. The monoisotopic (exact) mass is 298 g/mol. The van der Waals surface area contributed by atoms with Crippen molar-refractivity contribution in [3.63, 3.8) is 0 Å². The predicted molar refractivity (Wildman–Crippen MR) is 72.6 cm³/mol. The summed E-state index contributed by atoms with van der Waals surface area (Å²) < 4.78 is 38.2. The maximum absolute atomic E-state index is 12.7. The zero-order valence-electron chi connectivity index (χ0n) is 11.9. The average molecular weight is 298 g/mol. The van der Waals surface area contributed by atoms with Crippen LogP contribution in [0, 0.1) is 17.2 Å². The normalized spacial score (nSPS) is 23.6. The first kappa shape index (κ1) is 15.6. The molecule has 2 rings (SSSR count). The third-order valence-corrected chi connectivity index (χ3v) is 3.74. The zero-order valence-corrected chi connectivity index (χ0v) is 11.9. The Kier molecular flexibility index (Phi) is 4.37. The summed E-state index contributed by atoms with van der Waals surface area (Å²) in [6, 6.07) is 3.90. The fourth-order valence-corrected chi connectivity index (χ4v) is 2.56. The third-order valence-electron chi connectivity index (χ3n) is 3.74. The number of nitriles is 1. The number of halogens is 3. The summed E-state index contributed by atoms with van der Waals surface area (Å²) >= 11 is 0. The van der Waals surface area contributed by atoms with Gasteiger partial charge in [-0.15, -0.1) is 0 Å². The first-order valence-corrected chi connectivity index (χ1v) is 6.74. The van der Waals surface area contributed by atoms with Crippen LogP contribution in [0.2, 0.25) is 0 Å². The molecule has 1 fully saturated rings. The summed E-state index contributed by atoms with van der Waals surface area (Å²) in [5.41, 5.74) is -0.848. The average Bonchev–Trinajstić information content (AvgIpc) is 2.41. The molecule has 0 radical (unpaired) electrons. The number of piperidine rings is 1. The molecular weight excluding hydrogens is 281 g/mol. The van der Waals surface area contributed by atoms with Crippen molar-refractivity contribution >= 4 is 5.82 Å². The van der Waals surface area contributed by atoms with E-state index in [2.05, 4.69) is 15.2 Å². The maximum Gasteiger partial charge on any atom is 0.433 e. The van der Waals surface area contributed by atoms with E-state index in [1.807, 2.05) is 20.0 Å². The number of pyridine rings is 1. The molecule has 4 nitrogen and oxygen atoms in total. The van der Waals surface area contributed by atoms with Crippen molar-refractivity contribution in [1.82, 2.24) is 9.88 Å². The first-order chi connectivity index (χ1) is 9.81. The molecule has 1 aromatic heterocycles. The van der Waals surface area contributed by atoms with E-state index in [1.165, 1.54) is 0 Å². The van der Waals surface area contributed by atoms with Crippen LogP contribution in [-0.4, -0.2) is 36.1 Å². The van der Waals surface area contributed by atoms with Crippen LogP contribution in [-0.2, 0) is 6.18 Å². The van der Waals surface area contributed by atoms with Crippen LogP contribution in [0.5, 0.6) is 0 Å². The molecule has 0 saturated carbocycles. The van der Waals surface area contributed by atoms with Gasteiger partial charge in [0.25, 0.3) is 0 Å². The summed E-state index contributed by atoms with van der Waals surface area (Å²) in [5.74, 6) is 0.292. The Morgan fingerprint density at radius 2 is 2.14 bits per heavy atom. The highest BCUT2D eigenvalue weighted by atomic mass is 19.4. The smallest absolute Gasteiger partial charge is 0.366 e. The summed E-state index contributed by atoms with van der Waals surface area (Å²) in [6.45, 7) is 3.76. The van der Waals surface area contributed by atoms with Gasteiger partial charge in [-0.3, -0.25) is 0 Å². The van der Waals surface area contributed by atoms with Gasteiger partial charge in [-0.2, -0.15) is 18.4 Å². The van der Waals surface area contributed by atoms with Gasteiger partial charge in [0, 0.05) is 12.6 Å². The van der Waals surface area contributed by atoms with Gasteiger partial charge in [0.1, 0.15) is 17.6 Å². The van der Waals surface area contributed by atoms with Crippen LogP contribution in [0.3, 0.4) is 0 Å². The molecule has 0 spiro atoms. The summed E-state index contributed by atoms with van der Waals surface area (Å²) in [4.78, 5) is 5.76. The fraction of sp³-hybridized carbons (Fsp3) is 0.571. The highest BCUT2D eigenvalue weighted by Crippen LogP contribution is 2.30. The number of nitrogens with zero attached hydrogens (tertiary/aromatic N) is 3. The molecule has 2 heterocycles. The van der Waals surface area contributed by atoms with Crippen molar-refractivity contribution in [3.05, 3.63) is 23.4 Å². The van der Waals surface area contributed by atoms with Crippen molar-refractivity contribution < 1.29 is 13.2 Å². The molecule has 1 saturated heterocycles. The number of nitrogens with one attached hydrogen (secondary N) is 1. The number of hydrogen-bond acceptors (Lipinski definition) is 4. The maximum atomic E-state index is 12.7. The fourth-order valence-electron chi connectivity index (χ4n) is 2.56. The molecule has 0 aromatic carbocycles. The number of aromatic nitrogens is 1. The van der Waals surface area contributed by atoms with E-state index in [9.17, 15) is 13.2 Å². The van der Waals surface area contributed by atoms with Gasteiger partial charge in [0.2, 0.25) is 0 Å². The van der Waals surface area contributed by atoms with Crippen LogP contribution in [0.1, 0.15) is 24.6 Å². The number of likely N-dealkylation sites (tertiary alicyclic amines) is 1. The van der Waals surface area contributed by atoms with Crippen LogP contribution in [0.15, 0.2) is 12.1 Å². The number of alkyl halides is 3. The van der Waals surface area contributed by atoms with Gasteiger partial charge in [-0.1, -0.05) is 6.92 Å². The Bertz CT molecular complexity index is 550. The van der Waals surface area contributed by atoms with Crippen molar-refractivity contribution in [1.29, 1.82) is 5.26 Å². The lowest BCUT2D eigenvalue weighted by molar-refractivity contribution is -0.141. The molecule has 1 N–H and O–H groups in total. The van der Waals surface area contributed by atoms with Crippen molar-refractivity contribution in [2.45, 2.75) is 25.6 Å². The van der Waals surface area contributed by atoms with E-state index in [4.69, 9.17) is 5.26 Å². The molecule has 1 aliphatic rings. The zero-order chi connectivity index (χ0) is 15.6. The highest BCUT2D eigenvalue weighted by molar-refractivity contribution is 5.53. The summed E-state index contributed by atoms with van der Waals surface area (Å²) in [6.07, 6.45) is -3.71. The number of hydrogen-bond donors (Lipinski definition) is 1. The lowest BCUT2D eigenvalue weighted by Crippen LogP contribution is -2.43. The molecule has 2 atom stereocenters. The molecular formula is C14H17F3N4. The first-order valence-electron chi connectivity index (χ1n) is 6.74. The van der Waals surface area contributed by atoms with Gasteiger partial charge in [-0.25, -0.2) is 4.98 Å². The lowest BCUT2D eigenvalue weighted by Gasteiger charge is -2.35. The minimum atomic E-state index is -4.51. The summed E-state index contributed by atoms with van der Waals surface area (Å²) in [5, 5.41) is 12.1. The SMILES string of the molecule is CC1CN(C)CCC1Nc1nc(C(F)(F)F)ccc1C#N. The molecule has 0 amide bonds. The van der Waals surface area contributed by atoms with Gasteiger partial charge in [-0.05, 0) is 38.1 Å². The molecule has 114 valence electrons. The van der Waals surface area contributed by atoms with Gasteiger partial charge in [0.15, 0.2) is 0 Å². The standard InChI is InChI=1S/C14H17F3N4/c1-9-8-21(2)6-5-11(9)19-13-10(7-18)3-4-12(20-13)14(15,16)17/h3-4,9,11H,5-6,8H2,1-2H3,(H,19,20). The second-order valence-corrected chi connectivity index (χ2v) is 5.48. The number of rotatable bonds is 2. The van der Waals surface area contributed by atoms with Gasteiger partial charge >= 0.3 is 6.18 Å². The minimum Gasteiger partial charge on any atom is -0.366 e. The lowest BCUT2D eigenvalue weighted by atomic mass is 9.94. The molecule has 21 heavy (non-hydrogen) atoms.